The second-order valence-corrected chi connectivity index (χ2v) is 6.80. The summed E-state index contributed by atoms with van der Waals surface area (Å²) in [5.41, 5.74) is 3.49. The molecule has 0 aromatic heterocycles. The van der Waals surface area contributed by atoms with Crippen molar-refractivity contribution in [3.05, 3.63) is 64.2 Å². The van der Waals surface area contributed by atoms with E-state index >= 15 is 0 Å². The Labute approximate surface area is 134 Å². The van der Waals surface area contributed by atoms with Crippen molar-refractivity contribution in [1.29, 1.82) is 0 Å². The maximum atomic E-state index is 9.07. The molecular formula is C17H18ClNOS. The monoisotopic (exact) mass is 319 g/mol. The first-order chi connectivity index (χ1) is 10.3. The molecule has 0 aliphatic carbocycles. The lowest BCUT2D eigenvalue weighted by Crippen LogP contribution is -2.24. The summed E-state index contributed by atoms with van der Waals surface area (Å²) in [5.74, 6) is 1.13. The van der Waals surface area contributed by atoms with Crippen molar-refractivity contribution in [2.75, 3.05) is 5.75 Å². The van der Waals surface area contributed by atoms with Crippen molar-refractivity contribution in [1.82, 2.24) is 5.32 Å². The molecule has 0 radical (unpaired) electrons. The van der Waals surface area contributed by atoms with Crippen LogP contribution >= 0.6 is 23.4 Å². The van der Waals surface area contributed by atoms with Crippen LogP contribution in [0.1, 0.15) is 29.2 Å². The fraction of sp³-hybridized carbons (Fsp3) is 0.294. The number of hydrogen-bond acceptors (Lipinski definition) is 3. The van der Waals surface area contributed by atoms with Crippen LogP contribution in [0, 0.1) is 0 Å². The van der Waals surface area contributed by atoms with E-state index in [1.54, 1.807) is 0 Å². The average molecular weight is 320 g/mol. The fourth-order valence-electron chi connectivity index (χ4n) is 2.58. The predicted molar refractivity (Wildman–Crippen MR) is 88.7 cm³/mol. The summed E-state index contributed by atoms with van der Waals surface area (Å²) >= 11 is 8.03. The maximum Gasteiger partial charge on any atom is 0.0681 e. The normalized spacial score (nSPS) is 17.5. The number of thioether (sulfide) groups is 1. The molecular weight excluding hydrogens is 302 g/mol. The first-order valence-electron chi connectivity index (χ1n) is 7.10. The van der Waals surface area contributed by atoms with Crippen LogP contribution in [0.4, 0.5) is 0 Å². The van der Waals surface area contributed by atoms with Crippen molar-refractivity contribution < 1.29 is 5.11 Å². The highest BCUT2D eigenvalue weighted by Crippen LogP contribution is 2.37. The summed E-state index contributed by atoms with van der Waals surface area (Å²) in [6.07, 6.45) is 1.12. The van der Waals surface area contributed by atoms with Gasteiger partial charge in [-0.3, -0.25) is 0 Å². The smallest absolute Gasteiger partial charge is 0.0681 e. The summed E-state index contributed by atoms with van der Waals surface area (Å²) in [6, 6.07) is 14.6. The second kappa shape index (κ2) is 6.84. The van der Waals surface area contributed by atoms with Crippen molar-refractivity contribution in [3.8, 4) is 0 Å². The van der Waals surface area contributed by atoms with Gasteiger partial charge in [0.25, 0.3) is 0 Å². The number of halogens is 1. The Morgan fingerprint density at radius 2 is 1.90 bits per heavy atom. The van der Waals surface area contributed by atoms with E-state index in [2.05, 4.69) is 29.6 Å². The van der Waals surface area contributed by atoms with E-state index in [4.69, 9.17) is 16.7 Å². The van der Waals surface area contributed by atoms with Gasteiger partial charge in [-0.25, -0.2) is 0 Å². The van der Waals surface area contributed by atoms with Gasteiger partial charge in [0.2, 0.25) is 0 Å². The van der Waals surface area contributed by atoms with Gasteiger partial charge in [-0.15, -0.1) is 11.8 Å². The molecule has 1 atom stereocenters. The van der Waals surface area contributed by atoms with Crippen LogP contribution in [0.25, 0.3) is 0 Å². The van der Waals surface area contributed by atoms with E-state index in [9.17, 15) is 0 Å². The van der Waals surface area contributed by atoms with Crippen molar-refractivity contribution in [2.24, 2.45) is 0 Å². The van der Waals surface area contributed by atoms with E-state index in [1.165, 1.54) is 16.0 Å². The number of rotatable bonds is 4. The quantitative estimate of drug-likeness (QED) is 0.887. The lowest BCUT2D eigenvalue weighted by atomic mass is 10.0. The van der Waals surface area contributed by atoms with E-state index < -0.39 is 0 Å². The van der Waals surface area contributed by atoms with E-state index in [0.717, 1.165) is 29.3 Å². The first-order valence-corrected chi connectivity index (χ1v) is 8.47. The molecule has 2 aromatic rings. The lowest BCUT2D eigenvalue weighted by Gasteiger charge is -2.26. The second-order valence-electron chi connectivity index (χ2n) is 5.23. The third-order valence-electron chi connectivity index (χ3n) is 3.77. The van der Waals surface area contributed by atoms with Gasteiger partial charge in [0, 0.05) is 22.5 Å². The third kappa shape index (κ3) is 3.61. The van der Waals surface area contributed by atoms with Crippen LogP contribution < -0.4 is 5.32 Å². The highest BCUT2D eigenvalue weighted by atomic mass is 35.5. The van der Waals surface area contributed by atoms with Gasteiger partial charge in [-0.05, 0) is 47.1 Å². The van der Waals surface area contributed by atoms with Gasteiger partial charge in [-0.2, -0.15) is 0 Å². The molecule has 0 bridgehead atoms. The van der Waals surface area contributed by atoms with Crippen molar-refractivity contribution in [3.63, 3.8) is 0 Å². The topological polar surface area (TPSA) is 32.3 Å². The number of fused-ring (bicyclic) bond motifs is 1. The van der Waals surface area contributed by atoms with Gasteiger partial charge in [0.05, 0.1) is 6.61 Å². The fourth-order valence-corrected chi connectivity index (χ4v) is 3.87. The first kappa shape index (κ1) is 14.9. The van der Waals surface area contributed by atoms with Crippen molar-refractivity contribution in [2.45, 2.75) is 30.5 Å². The molecule has 2 aromatic carbocycles. The van der Waals surface area contributed by atoms with Crippen LogP contribution in [0.3, 0.4) is 0 Å². The highest BCUT2D eigenvalue weighted by molar-refractivity contribution is 7.99. The zero-order valence-electron chi connectivity index (χ0n) is 11.7. The summed E-state index contributed by atoms with van der Waals surface area (Å²) in [7, 11) is 0. The predicted octanol–water partition coefficient (Wildman–Crippen LogP) is 4.16. The summed E-state index contributed by atoms with van der Waals surface area (Å²) in [6.45, 7) is 0.923. The number of aliphatic hydroxyl groups is 1. The summed E-state index contributed by atoms with van der Waals surface area (Å²) < 4.78 is 0. The van der Waals surface area contributed by atoms with Gasteiger partial charge in [0.15, 0.2) is 0 Å². The number of hydrogen-bond donors (Lipinski definition) is 2. The van der Waals surface area contributed by atoms with Gasteiger partial charge >= 0.3 is 0 Å². The van der Waals surface area contributed by atoms with Crippen LogP contribution in [-0.4, -0.2) is 10.9 Å². The molecule has 1 aliphatic heterocycles. The van der Waals surface area contributed by atoms with Crippen LogP contribution in [-0.2, 0) is 13.2 Å². The zero-order chi connectivity index (χ0) is 14.7. The van der Waals surface area contributed by atoms with Crippen molar-refractivity contribution >= 4 is 23.4 Å². The molecule has 0 amide bonds. The van der Waals surface area contributed by atoms with E-state index in [1.807, 2.05) is 30.0 Å². The molecule has 1 aliphatic rings. The Bertz CT molecular complexity index is 615. The molecule has 0 spiro atoms. The summed E-state index contributed by atoms with van der Waals surface area (Å²) in [4.78, 5) is 1.33. The maximum absolute atomic E-state index is 9.07. The number of aliphatic hydroxyl groups excluding tert-OH is 1. The molecule has 21 heavy (non-hydrogen) atoms. The third-order valence-corrected chi connectivity index (χ3v) is 5.13. The Morgan fingerprint density at radius 1 is 1.14 bits per heavy atom. The Morgan fingerprint density at radius 3 is 2.67 bits per heavy atom. The van der Waals surface area contributed by atoms with Gasteiger partial charge < -0.3 is 10.4 Å². The molecule has 2 N–H and O–H groups in total. The van der Waals surface area contributed by atoms with Gasteiger partial charge in [-0.1, -0.05) is 35.9 Å². The molecule has 4 heteroatoms. The molecule has 0 saturated carbocycles. The standard InChI is InChI=1S/C17H18ClNOS/c18-14-5-6-17-15(9-14)16(7-8-21-17)19-10-12-1-3-13(11-20)4-2-12/h1-6,9,16,19-20H,7-8,10-11H2. The molecule has 3 rings (SSSR count). The molecule has 2 nitrogen and oxygen atoms in total. The summed E-state index contributed by atoms with van der Waals surface area (Å²) in [5, 5.41) is 13.5. The number of benzene rings is 2. The molecule has 0 saturated heterocycles. The largest absolute Gasteiger partial charge is 0.392 e. The van der Waals surface area contributed by atoms with E-state index in [0.29, 0.717) is 6.04 Å². The average Bonchev–Trinajstić information content (AvgIpc) is 2.53. The molecule has 1 heterocycles. The highest BCUT2D eigenvalue weighted by Gasteiger charge is 2.20. The zero-order valence-corrected chi connectivity index (χ0v) is 13.3. The Kier molecular flexibility index (Phi) is 4.86. The van der Waals surface area contributed by atoms with Gasteiger partial charge in [0.1, 0.15) is 0 Å². The minimum Gasteiger partial charge on any atom is -0.392 e. The minimum atomic E-state index is 0.0967. The van der Waals surface area contributed by atoms with Crippen LogP contribution in [0.2, 0.25) is 5.02 Å². The van der Waals surface area contributed by atoms with Crippen LogP contribution in [0.5, 0.6) is 0 Å². The lowest BCUT2D eigenvalue weighted by molar-refractivity contribution is 0.282. The number of nitrogens with one attached hydrogen (secondary N) is 1. The Balaban J connectivity index is 1.70. The minimum absolute atomic E-state index is 0.0967. The molecule has 1 unspecified atom stereocenters. The SMILES string of the molecule is OCc1ccc(CNC2CCSc3ccc(Cl)cc32)cc1. The molecule has 0 fully saturated rings. The van der Waals surface area contributed by atoms with Crippen LogP contribution in [0.15, 0.2) is 47.4 Å². The van der Waals surface area contributed by atoms with E-state index in [-0.39, 0.29) is 6.61 Å². The Hall–Kier alpha value is -1.00. The molecule has 110 valence electrons.